The van der Waals surface area contributed by atoms with Gasteiger partial charge in [-0.25, -0.2) is 0 Å². The minimum absolute atomic E-state index is 0.680. The average Bonchev–Trinajstić information content (AvgIpc) is 2.42. The minimum Gasteiger partial charge on any atom is -0.495 e. The maximum absolute atomic E-state index is 6.11. The Labute approximate surface area is 122 Å². The second-order valence-electron chi connectivity index (χ2n) is 5.02. The van der Waals surface area contributed by atoms with Crippen molar-refractivity contribution >= 4 is 11.6 Å². The van der Waals surface area contributed by atoms with E-state index in [0.29, 0.717) is 5.02 Å². The predicted octanol–water partition coefficient (Wildman–Crippen LogP) is 4.65. The van der Waals surface area contributed by atoms with E-state index in [1.807, 2.05) is 12.1 Å². The summed E-state index contributed by atoms with van der Waals surface area (Å²) in [5.41, 5.74) is 1.20. The van der Waals surface area contributed by atoms with E-state index < -0.39 is 0 Å². The van der Waals surface area contributed by atoms with Gasteiger partial charge in [0.2, 0.25) is 0 Å². The number of nitrogens with one attached hydrogen (secondary N) is 1. The zero-order valence-corrected chi connectivity index (χ0v) is 13.1. The molecule has 0 aliphatic heterocycles. The number of rotatable bonds is 9. The predicted molar refractivity (Wildman–Crippen MR) is 83.0 cm³/mol. The summed E-state index contributed by atoms with van der Waals surface area (Å²) in [6, 6.07) is 5.96. The third-order valence-electron chi connectivity index (χ3n) is 3.52. The molecule has 0 radical (unpaired) electrons. The van der Waals surface area contributed by atoms with Crippen molar-refractivity contribution in [1.82, 2.24) is 5.32 Å². The highest BCUT2D eigenvalue weighted by Crippen LogP contribution is 2.24. The Morgan fingerprint density at radius 2 is 2.11 bits per heavy atom. The number of hydrogen-bond donors (Lipinski definition) is 1. The van der Waals surface area contributed by atoms with Gasteiger partial charge in [-0.15, -0.1) is 0 Å². The third kappa shape index (κ3) is 5.84. The molecule has 0 spiro atoms. The second kappa shape index (κ2) is 9.22. The molecule has 108 valence electrons. The van der Waals surface area contributed by atoms with E-state index in [2.05, 4.69) is 25.2 Å². The summed E-state index contributed by atoms with van der Waals surface area (Å²) in [5.74, 6) is 1.52. The van der Waals surface area contributed by atoms with Crippen LogP contribution in [-0.2, 0) is 6.54 Å². The Hall–Kier alpha value is -0.730. The topological polar surface area (TPSA) is 21.3 Å². The Balaban J connectivity index is 2.37. The first kappa shape index (κ1) is 16.3. The summed E-state index contributed by atoms with van der Waals surface area (Å²) < 4.78 is 5.15. The Morgan fingerprint density at radius 3 is 2.68 bits per heavy atom. The van der Waals surface area contributed by atoms with Crippen molar-refractivity contribution in [1.29, 1.82) is 0 Å². The van der Waals surface area contributed by atoms with Crippen molar-refractivity contribution in [2.24, 2.45) is 5.92 Å². The third-order valence-corrected chi connectivity index (χ3v) is 3.82. The van der Waals surface area contributed by atoms with Gasteiger partial charge in [-0.3, -0.25) is 0 Å². The normalized spacial score (nSPS) is 12.4. The fraction of sp³-hybridized carbons (Fsp3) is 0.625. The first-order valence-corrected chi connectivity index (χ1v) is 7.62. The molecule has 3 heteroatoms. The summed E-state index contributed by atoms with van der Waals surface area (Å²) in [5, 5.41) is 4.21. The standard InChI is InChI=1S/C16H26ClNO/c1-4-6-7-13(5-2)11-18-12-14-8-9-16(19-3)15(17)10-14/h8-10,13,18H,4-7,11-12H2,1-3H3. The Morgan fingerprint density at radius 1 is 1.32 bits per heavy atom. The van der Waals surface area contributed by atoms with E-state index in [0.717, 1.165) is 24.8 Å². The van der Waals surface area contributed by atoms with Gasteiger partial charge in [0, 0.05) is 6.54 Å². The molecule has 0 heterocycles. The second-order valence-corrected chi connectivity index (χ2v) is 5.42. The summed E-state index contributed by atoms with van der Waals surface area (Å²) in [4.78, 5) is 0. The van der Waals surface area contributed by atoms with Gasteiger partial charge < -0.3 is 10.1 Å². The van der Waals surface area contributed by atoms with Gasteiger partial charge in [-0.2, -0.15) is 0 Å². The van der Waals surface area contributed by atoms with Crippen molar-refractivity contribution in [3.8, 4) is 5.75 Å². The highest BCUT2D eigenvalue weighted by atomic mass is 35.5. The van der Waals surface area contributed by atoms with E-state index in [-0.39, 0.29) is 0 Å². The number of methoxy groups -OCH3 is 1. The van der Waals surface area contributed by atoms with Crippen LogP contribution >= 0.6 is 11.6 Å². The molecule has 0 aromatic heterocycles. The van der Waals surface area contributed by atoms with Gasteiger partial charge >= 0.3 is 0 Å². The SMILES string of the molecule is CCCCC(CC)CNCc1ccc(OC)c(Cl)c1. The number of benzene rings is 1. The lowest BCUT2D eigenvalue weighted by atomic mass is 9.99. The van der Waals surface area contributed by atoms with Gasteiger partial charge in [0.1, 0.15) is 5.75 Å². The van der Waals surface area contributed by atoms with Crippen molar-refractivity contribution < 1.29 is 4.74 Å². The smallest absolute Gasteiger partial charge is 0.137 e. The fourth-order valence-corrected chi connectivity index (χ4v) is 2.46. The lowest BCUT2D eigenvalue weighted by Gasteiger charge is -2.15. The molecular formula is C16H26ClNO. The Kier molecular flexibility index (Phi) is 7.92. The number of unbranched alkanes of at least 4 members (excludes halogenated alkanes) is 1. The fourth-order valence-electron chi connectivity index (χ4n) is 2.18. The van der Waals surface area contributed by atoms with E-state index >= 15 is 0 Å². The molecule has 0 bridgehead atoms. The highest BCUT2D eigenvalue weighted by molar-refractivity contribution is 6.32. The molecule has 19 heavy (non-hydrogen) atoms. The summed E-state index contributed by atoms with van der Waals surface area (Å²) in [6.45, 7) is 6.47. The monoisotopic (exact) mass is 283 g/mol. The number of halogens is 1. The van der Waals surface area contributed by atoms with Crippen molar-refractivity contribution in [2.75, 3.05) is 13.7 Å². The first-order chi connectivity index (χ1) is 9.21. The molecule has 0 fully saturated rings. The zero-order valence-electron chi connectivity index (χ0n) is 12.3. The van der Waals surface area contributed by atoms with Crippen molar-refractivity contribution in [3.63, 3.8) is 0 Å². The van der Waals surface area contributed by atoms with Crippen LogP contribution in [0.2, 0.25) is 5.02 Å². The van der Waals surface area contributed by atoms with Gasteiger partial charge in [0.25, 0.3) is 0 Å². The molecule has 1 atom stereocenters. The Bertz CT molecular complexity index is 368. The largest absolute Gasteiger partial charge is 0.495 e. The number of ether oxygens (including phenoxy) is 1. The summed E-state index contributed by atoms with van der Waals surface area (Å²) in [6.07, 6.45) is 5.18. The lowest BCUT2D eigenvalue weighted by molar-refractivity contribution is 0.413. The van der Waals surface area contributed by atoms with Crippen LogP contribution in [0, 0.1) is 5.92 Å². The summed E-state index contributed by atoms with van der Waals surface area (Å²) in [7, 11) is 1.64. The molecule has 1 aromatic rings. The number of hydrogen-bond acceptors (Lipinski definition) is 2. The maximum atomic E-state index is 6.11. The van der Waals surface area contributed by atoms with Crippen LogP contribution in [0.25, 0.3) is 0 Å². The van der Waals surface area contributed by atoms with Gasteiger partial charge in [-0.1, -0.05) is 50.8 Å². The van der Waals surface area contributed by atoms with Crippen LogP contribution in [0.5, 0.6) is 5.75 Å². The van der Waals surface area contributed by atoms with Crippen LogP contribution in [0.15, 0.2) is 18.2 Å². The van der Waals surface area contributed by atoms with Gasteiger partial charge in [0.15, 0.2) is 0 Å². The van der Waals surface area contributed by atoms with Crippen molar-refractivity contribution in [2.45, 2.75) is 46.1 Å². The lowest BCUT2D eigenvalue weighted by Crippen LogP contribution is -2.22. The molecule has 0 saturated carbocycles. The van der Waals surface area contributed by atoms with Crippen LogP contribution in [0.3, 0.4) is 0 Å². The van der Waals surface area contributed by atoms with Crippen LogP contribution in [0.4, 0.5) is 0 Å². The van der Waals surface area contributed by atoms with Crippen molar-refractivity contribution in [3.05, 3.63) is 28.8 Å². The first-order valence-electron chi connectivity index (χ1n) is 7.24. The van der Waals surface area contributed by atoms with Gasteiger partial charge in [0.05, 0.1) is 12.1 Å². The van der Waals surface area contributed by atoms with E-state index in [1.165, 1.54) is 31.2 Å². The molecule has 0 amide bonds. The molecule has 0 aliphatic carbocycles. The molecule has 0 aliphatic rings. The van der Waals surface area contributed by atoms with Crippen LogP contribution in [-0.4, -0.2) is 13.7 Å². The van der Waals surface area contributed by atoms with E-state index in [4.69, 9.17) is 16.3 Å². The maximum Gasteiger partial charge on any atom is 0.137 e. The molecule has 1 N–H and O–H groups in total. The molecular weight excluding hydrogens is 258 g/mol. The molecule has 1 unspecified atom stereocenters. The minimum atomic E-state index is 0.680. The van der Waals surface area contributed by atoms with Crippen LogP contribution < -0.4 is 10.1 Å². The van der Waals surface area contributed by atoms with E-state index in [9.17, 15) is 0 Å². The molecule has 1 aromatic carbocycles. The van der Waals surface area contributed by atoms with Gasteiger partial charge in [-0.05, 0) is 36.6 Å². The average molecular weight is 284 g/mol. The highest BCUT2D eigenvalue weighted by Gasteiger charge is 2.06. The molecule has 2 nitrogen and oxygen atoms in total. The van der Waals surface area contributed by atoms with E-state index in [1.54, 1.807) is 7.11 Å². The summed E-state index contributed by atoms with van der Waals surface area (Å²) >= 11 is 6.11. The quantitative estimate of drug-likeness (QED) is 0.712. The molecule has 0 saturated heterocycles. The molecule has 1 rings (SSSR count). The zero-order chi connectivity index (χ0) is 14.1. The van der Waals surface area contributed by atoms with Crippen LogP contribution in [0.1, 0.15) is 45.1 Å².